The zero-order valence-electron chi connectivity index (χ0n) is 9.03. The first kappa shape index (κ1) is 10.4. The van der Waals surface area contributed by atoms with Crippen LogP contribution < -0.4 is 5.73 Å². The summed E-state index contributed by atoms with van der Waals surface area (Å²) < 4.78 is 0. The van der Waals surface area contributed by atoms with Crippen LogP contribution in [0.5, 0.6) is 0 Å². The maximum atomic E-state index is 6.24. The molecule has 1 aromatic heterocycles. The predicted molar refractivity (Wildman–Crippen MR) is 66.3 cm³/mol. The average Bonchev–Trinajstić information content (AvgIpc) is 2.74. The normalized spacial score (nSPS) is 12.7. The molecule has 0 spiro atoms. The van der Waals surface area contributed by atoms with Crippen molar-refractivity contribution >= 4 is 11.3 Å². The molecule has 1 nitrogen and oxygen atoms in total. The van der Waals surface area contributed by atoms with Crippen molar-refractivity contribution in [2.45, 2.75) is 19.9 Å². The largest absolute Gasteiger partial charge is 0.320 e. The number of thiophene rings is 1. The summed E-state index contributed by atoms with van der Waals surface area (Å²) in [6, 6.07) is 10.6. The van der Waals surface area contributed by atoms with E-state index in [1.165, 1.54) is 21.6 Å². The molecule has 0 amide bonds. The lowest BCUT2D eigenvalue weighted by Crippen LogP contribution is -2.11. The topological polar surface area (TPSA) is 26.0 Å². The fourth-order valence-electron chi connectivity index (χ4n) is 1.72. The van der Waals surface area contributed by atoms with Gasteiger partial charge in [0.25, 0.3) is 0 Å². The summed E-state index contributed by atoms with van der Waals surface area (Å²) in [5.74, 6) is 0. The lowest BCUT2D eigenvalue weighted by molar-refractivity contribution is 0.880. The van der Waals surface area contributed by atoms with Gasteiger partial charge >= 0.3 is 0 Å². The maximum absolute atomic E-state index is 6.24. The quantitative estimate of drug-likeness (QED) is 0.819. The van der Waals surface area contributed by atoms with E-state index in [0.29, 0.717) is 0 Å². The van der Waals surface area contributed by atoms with Crippen LogP contribution in [0.3, 0.4) is 0 Å². The van der Waals surface area contributed by atoms with Gasteiger partial charge in [-0.1, -0.05) is 29.8 Å². The number of benzene rings is 1. The van der Waals surface area contributed by atoms with Gasteiger partial charge in [0.15, 0.2) is 0 Å². The van der Waals surface area contributed by atoms with E-state index in [-0.39, 0.29) is 6.04 Å². The molecule has 0 aliphatic heterocycles. The second-order valence-corrected chi connectivity index (χ2v) is 4.83. The Balaban J connectivity index is 2.41. The highest BCUT2D eigenvalue weighted by Crippen LogP contribution is 2.26. The van der Waals surface area contributed by atoms with Crippen molar-refractivity contribution in [1.82, 2.24) is 0 Å². The number of aryl methyl sites for hydroxylation is 2. The number of hydrogen-bond donors (Lipinski definition) is 1. The summed E-state index contributed by atoms with van der Waals surface area (Å²) in [6.45, 7) is 4.21. The van der Waals surface area contributed by atoms with Crippen molar-refractivity contribution in [1.29, 1.82) is 0 Å². The first-order valence-electron chi connectivity index (χ1n) is 5.04. The second kappa shape index (κ2) is 4.17. The molecule has 0 saturated heterocycles. The molecule has 0 aliphatic rings. The van der Waals surface area contributed by atoms with Crippen molar-refractivity contribution in [3.05, 3.63) is 57.3 Å². The molecular weight excluding hydrogens is 202 g/mol. The van der Waals surface area contributed by atoms with Crippen LogP contribution in [-0.4, -0.2) is 0 Å². The van der Waals surface area contributed by atoms with Crippen molar-refractivity contribution in [2.24, 2.45) is 5.73 Å². The van der Waals surface area contributed by atoms with Crippen LogP contribution in [0, 0.1) is 13.8 Å². The SMILES string of the molecule is Cc1ccc(C)c([C@H](N)c2cccs2)c1. The third-order valence-electron chi connectivity index (χ3n) is 2.62. The number of nitrogens with two attached hydrogens (primary N) is 1. The third-order valence-corrected chi connectivity index (χ3v) is 3.57. The Hall–Kier alpha value is -1.12. The minimum atomic E-state index is 0.0184. The Morgan fingerprint density at radius 1 is 1.20 bits per heavy atom. The van der Waals surface area contributed by atoms with Gasteiger partial charge in [-0.05, 0) is 36.4 Å². The second-order valence-electron chi connectivity index (χ2n) is 3.85. The highest BCUT2D eigenvalue weighted by molar-refractivity contribution is 7.10. The fraction of sp³-hybridized carbons (Fsp3) is 0.231. The van der Waals surface area contributed by atoms with E-state index in [0.717, 1.165) is 0 Å². The molecule has 78 valence electrons. The first-order chi connectivity index (χ1) is 7.18. The Labute approximate surface area is 94.6 Å². The summed E-state index contributed by atoms with van der Waals surface area (Å²) in [6.07, 6.45) is 0. The molecule has 0 fully saturated rings. The standard InChI is InChI=1S/C13H15NS/c1-9-5-6-10(2)11(8-9)13(14)12-4-3-7-15-12/h3-8,13H,14H2,1-2H3/t13-/m0/s1. The van der Waals surface area contributed by atoms with Gasteiger partial charge in [0.1, 0.15) is 0 Å². The predicted octanol–water partition coefficient (Wildman–Crippen LogP) is 3.41. The minimum Gasteiger partial charge on any atom is -0.320 e. The Morgan fingerprint density at radius 3 is 2.67 bits per heavy atom. The lowest BCUT2D eigenvalue weighted by Gasteiger charge is -2.13. The molecule has 2 aromatic rings. The van der Waals surface area contributed by atoms with Crippen molar-refractivity contribution in [3.8, 4) is 0 Å². The highest BCUT2D eigenvalue weighted by atomic mass is 32.1. The average molecular weight is 217 g/mol. The molecule has 1 atom stereocenters. The van der Waals surface area contributed by atoms with Gasteiger partial charge in [-0.3, -0.25) is 0 Å². The molecule has 15 heavy (non-hydrogen) atoms. The van der Waals surface area contributed by atoms with Crippen LogP contribution >= 0.6 is 11.3 Å². The monoisotopic (exact) mass is 217 g/mol. The molecular formula is C13H15NS. The summed E-state index contributed by atoms with van der Waals surface area (Å²) in [5.41, 5.74) is 10.0. The van der Waals surface area contributed by atoms with Crippen molar-refractivity contribution < 1.29 is 0 Å². The molecule has 0 unspecified atom stereocenters. The molecule has 2 rings (SSSR count). The van der Waals surface area contributed by atoms with E-state index in [9.17, 15) is 0 Å². The van der Waals surface area contributed by atoms with E-state index in [2.05, 4.69) is 43.5 Å². The number of rotatable bonds is 2. The van der Waals surface area contributed by atoms with Gasteiger partial charge in [-0.15, -0.1) is 11.3 Å². The van der Waals surface area contributed by atoms with Crippen LogP contribution in [0.25, 0.3) is 0 Å². The van der Waals surface area contributed by atoms with Crippen molar-refractivity contribution in [2.75, 3.05) is 0 Å². The van der Waals surface area contributed by atoms with E-state index in [4.69, 9.17) is 5.73 Å². The van der Waals surface area contributed by atoms with Gasteiger partial charge in [0, 0.05) is 4.88 Å². The van der Waals surface area contributed by atoms with Crippen molar-refractivity contribution in [3.63, 3.8) is 0 Å². The van der Waals surface area contributed by atoms with Crippen LogP contribution in [-0.2, 0) is 0 Å². The highest BCUT2D eigenvalue weighted by Gasteiger charge is 2.11. The third kappa shape index (κ3) is 2.11. The molecule has 1 aromatic carbocycles. The molecule has 2 N–H and O–H groups in total. The molecule has 0 aliphatic carbocycles. The molecule has 0 radical (unpaired) electrons. The number of hydrogen-bond acceptors (Lipinski definition) is 2. The fourth-order valence-corrected chi connectivity index (χ4v) is 2.46. The maximum Gasteiger partial charge on any atom is 0.0648 e. The molecule has 0 bridgehead atoms. The lowest BCUT2D eigenvalue weighted by atomic mass is 9.98. The van der Waals surface area contributed by atoms with E-state index < -0.39 is 0 Å². The van der Waals surface area contributed by atoms with Gasteiger partial charge in [0.2, 0.25) is 0 Å². The summed E-state index contributed by atoms with van der Waals surface area (Å²) in [5, 5.41) is 2.07. The van der Waals surface area contributed by atoms with E-state index >= 15 is 0 Å². The Bertz CT molecular complexity index is 446. The van der Waals surface area contributed by atoms with Crippen LogP contribution in [0.4, 0.5) is 0 Å². The smallest absolute Gasteiger partial charge is 0.0648 e. The van der Waals surface area contributed by atoms with Crippen LogP contribution in [0.15, 0.2) is 35.7 Å². The molecule has 0 saturated carbocycles. The van der Waals surface area contributed by atoms with Gasteiger partial charge in [-0.2, -0.15) is 0 Å². The molecule has 2 heteroatoms. The van der Waals surface area contributed by atoms with Gasteiger partial charge in [-0.25, -0.2) is 0 Å². The minimum absolute atomic E-state index is 0.0184. The van der Waals surface area contributed by atoms with Crippen LogP contribution in [0.1, 0.15) is 27.6 Å². The Morgan fingerprint density at radius 2 is 2.00 bits per heavy atom. The first-order valence-corrected chi connectivity index (χ1v) is 5.92. The van der Waals surface area contributed by atoms with E-state index in [1.54, 1.807) is 11.3 Å². The zero-order chi connectivity index (χ0) is 10.8. The Kier molecular flexibility index (Phi) is 2.89. The van der Waals surface area contributed by atoms with Crippen LogP contribution in [0.2, 0.25) is 0 Å². The van der Waals surface area contributed by atoms with Gasteiger partial charge in [0.05, 0.1) is 6.04 Å². The summed E-state index contributed by atoms with van der Waals surface area (Å²) >= 11 is 1.72. The summed E-state index contributed by atoms with van der Waals surface area (Å²) in [7, 11) is 0. The van der Waals surface area contributed by atoms with Gasteiger partial charge < -0.3 is 5.73 Å². The molecule has 1 heterocycles. The summed E-state index contributed by atoms with van der Waals surface area (Å²) in [4.78, 5) is 1.23. The zero-order valence-corrected chi connectivity index (χ0v) is 9.84. The van der Waals surface area contributed by atoms with E-state index in [1.807, 2.05) is 6.07 Å².